The topological polar surface area (TPSA) is 98.5 Å². The summed E-state index contributed by atoms with van der Waals surface area (Å²) in [5, 5.41) is 6.88. The average molecular weight is 426 g/mol. The number of esters is 1. The van der Waals surface area contributed by atoms with Gasteiger partial charge in [-0.3, -0.25) is 14.4 Å². The summed E-state index contributed by atoms with van der Waals surface area (Å²) in [6.45, 7) is 1.30. The van der Waals surface area contributed by atoms with Crippen molar-refractivity contribution in [1.82, 2.24) is 5.32 Å². The summed E-state index contributed by atoms with van der Waals surface area (Å²) in [4.78, 5) is 36.1. The number of primary amides is 1. The molecule has 0 aromatic heterocycles. The Morgan fingerprint density at radius 1 is 0.875 bits per heavy atom. The second kappa shape index (κ2) is 8.89. The van der Waals surface area contributed by atoms with E-state index < -0.39 is 23.8 Å². The van der Waals surface area contributed by atoms with E-state index in [2.05, 4.69) is 11.4 Å². The molecule has 0 aliphatic carbocycles. The van der Waals surface area contributed by atoms with Gasteiger partial charge in [0.25, 0.3) is 5.91 Å². The lowest BCUT2D eigenvalue weighted by Gasteiger charge is -2.19. The highest BCUT2D eigenvalue weighted by atomic mass is 16.5. The molecule has 4 aromatic carbocycles. The van der Waals surface area contributed by atoms with Crippen LogP contribution >= 0.6 is 0 Å². The molecule has 3 N–H and O–H groups in total. The largest absolute Gasteiger partial charge is 0.427 e. The Morgan fingerprint density at radius 2 is 1.44 bits per heavy atom. The third-order valence-electron chi connectivity index (χ3n) is 5.32. The Kier molecular flexibility index (Phi) is 5.85. The molecule has 1 atom stereocenters. The van der Waals surface area contributed by atoms with Crippen molar-refractivity contribution in [2.75, 3.05) is 0 Å². The standard InChI is InChI=1S/C26H22N2O4/c1-16(29)32-20-12-10-17(11-13-20)26(31)28-24(25(27)30)15-23-21-8-4-2-6-18(21)14-19-7-3-5-9-22(19)23/h2-14,24H,15H2,1H3,(H2,27,30)(H,28,31)/t24-/m1/s1. The Hall–Kier alpha value is -4.19. The van der Waals surface area contributed by atoms with Gasteiger partial charge in [0.1, 0.15) is 11.8 Å². The monoisotopic (exact) mass is 426 g/mol. The molecule has 4 rings (SSSR count). The fourth-order valence-electron chi connectivity index (χ4n) is 3.84. The molecule has 0 saturated carbocycles. The average Bonchev–Trinajstić information content (AvgIpc) is 2.78. The van der Waals surface area contributed by atoms with Gasteiger partial charge in [-0.05, 0) is 57.4 Å². The van der Waals surface area contributed by atoms with E-state index in [9.17, 15) is 14.4 Å². The van der Waals surface area contributed by atoms with Gasteiger partial charge in [0.05, 0.1) is 0 Å². The van der Waals surface area contributed by atoms with E-state index in [0.717, 1.165) is 27.1 Å². The molecule has 0 fully saturated rings. The van der Waals surface area contributed by atoms with E-state index in [1.54, 1.807) is 0 Å². The van der Waals surface area contributed by atoms with Gasteiger partial charge in [-0.15, -0.1) is 0 Å². The van der Waals surface area contributed by atoms with Crippen LogP contribution in [0.4, 0.5) is 0 Å². The van der Waals surface area contributed by atoms with Gasteiger partial charge in [-0.2, -0.15) is 0 Å². The number of nitrogens with one attached hydrogen (secondary N) is 1. The third-order valence-corrected chi connectivity index (χ3v) is 5.32. The number of carbonyl (C=O) groups excluding carboxylic acids is 3. The molecule has 0 spiro atoms. The summed E-state index contributed by atoms with van der Waals surface area (Å²) in [6, 6.07) is 23.2. The van der Waals surface area contributed by atoms with Crippen LogP contribution in [0, 0.1) is 0 Å². The molecule has 6 nitrogen and oxygen atoms in total. The number of benzene rings is 4. The van der Waals surface area contributed by atoms with Crippen LogP contribution in [0.1, 0.15) is 22.8 Å². The van der Waals surface area contributed by atoms with Crippen molar-refractivity contribution in [3.63, 3.8) is 0 Å². The number of rotatable bonds is 6. The van der Waals surface area contributed by atoms with Crippen molar-refractivity contribution in [3.8, 4) is 5.75 Å². The Morgan fingerprint density at radius 3 is 1.97 bits per heavy atom. The maximum Gasteiger partial charge on any atom is 0.308 e. The lowest BCUT2D eigenvalue weighted by Crippen LogP contribution is -2.45. The van der Waals surface area contributed by atoms with Gasteiger partial charge in [0.15, 0.2) is 0 Å². The van der Waals surface area contributed by atoms with Crippen LogP contribution in [0.2, 0.25) is 0 Å². The highest BCUT2D eigenvalue weighted by Gasteiger charge is 2.22. The second-order valence-corrected chi connectivity index (χ2v) is 7.55. The van der Waals surface area contributed by atoms with E-state index in [1.807, 2.05) is 48.5 Å². The van der Waals surface area contributed by atoms with Crippen molar-refractivity contribution in [2.24, 2.45) is 5.73 Å². The van der Waals surface area contributed by atoms with Crippen LogP contribution in [0.15, 0.2) is 78.9 Å². The van der Waals surface area contributed by atoms with Crippen LogP contribution in [0.25, 0.3) is 21.5 Å². The van der Waals surface area contributed by atoms with Gasteiger partial charge in [-0.1, -0.05) is 48.5 Å². The quantitative estimate of drug-likeness (QED) is 0.279. The number of fused-ring (bicyclic) bond motifs is 2. The summed E-state index contributed by atoms with van der Waals surface area (Å²) in [5.41, 5.74) is 6.95. The maximum atomic E-state index is 12.8. The van der Waals surface area contributed by atoms with Crippen LogP contribution in [0.5, 0.6) is 5.75 Å². The first-order chi connectivity index (χ1) is 15.4. The zero-order chi connectivity index (χ0) is 22.7. The van der Waals surface area contributed by atoms with Crippen molar-refractivity contribution in [2.45, 2.75) is 19.4 Å². The lowest BCUT2D eigenvalue weighted by atomic mass is 9.92. The maximum absolute atomic E-state index is 12.8. The molecule has 4 aromatic rings. The summed E-state index contributed by atoms with van der Waals surface area (Å²) in [5.74, 6) is -1.17. The van der Waals surface area contributed by atoms with Crippen molar-refractivity contribution < 1.29 is 19.1 Å². The van der Waals surface area contributed by atoms with Gasteiger partial charge in [-0.25, -0.2) is 0 Å². The zero-order valence-corrected chi connectivity index (χ0v) is 17.5. The first kappa shape index (κ1) is 21.1. The van der Waals surface area contributed by atoms with Gasteiger partial charge in [0, 0.05) is 18.9 Å². The SMILES string of the molecule is CC(=O)Oc1ccc(C(=O)N[C@H](Cc2c3ccccc3cc3ccccc23)C(N)=O)cc1. The molecule has 0 aliphatic heterocycles. The minimum absolute atomic E-state index is 0.258. The van der Waals surface area contributed by atoms with Crippen molar-refractivity contribution >= 4 is 39.3 Å². The normalized spacial score (nSPS) is 11.8. The minimum Gasteiger partial charge on any atom is -0.427 e. The van der Waals surface area contributed by atoms with E-state index in [4.69, 9.17) is 10.5 Å². The summed E-state index contributed by atoms with van der Waals surface area (Å²) < 4.78 is 4.98. The fourth-order valence-corrected chi connectivity index (χ4v) is 3.84. The predicted molar refractivity (Wildman–Crippen MR) is 123 cm³/mol. The summed E-state index contributed by atoms with van der Waals surface area (Å²) in [7, 11) is 0. The molecule has 0 bridgehead atoms. The first-order valence-corrected chi connectivity index (χ1v) is 10.2. The van der Waals surface area contributed by atoms with Crippen LogP contribution in [-0.4, -0.2) is 23.8 Å². The molecule has 2 amide bonds. The third kappa shape index (κ3) is 4.44. The molecule has 0 radical (unpaired) electrons. The van der Waals surface area contributed by atoms with Gasteiger partial charge in [0.2, 0.25) is 5.91 Å². The molecular weight excluding hydrogens is 404 g/mol. The number of ether oxygens (including phenoxy) is 1. The van der Waals surface area contributed by atoms with Crippen LogP contribution < -0.4 is 15.8 Å². The molecule has 0 heterocycles. The molecule has 0 aliphatic rings. The number of hydrogen-bond acceptors (Lipinski definition) is 4. The number of carbonyl (C=O) groups is 3. The Bertz CT molecular complexity index is 1280. The number of nitrogens with two attached hydrogens (primary N) is 1. The van der Waals surface area contributed by atoms with Gasteiger partial charge < -0.3 is 15.8 Å². The second-order valence-electron chi connectivity index (χ2n) is 7.55. The highest BCUT2D eigenvalue weighted by Crippen LogP contribution is 2.29. The van der Waals surface area contributed by atoms with E-state index in [1.165, 1.54) is 31.2 Å². The van der Waals surface area contributed by atoms with E-state index >= 15 is 0 Å². The zero-order valence-electron chi connectivity index (χ0n) is 17.5. The predicted octanol–water partition coefficient (Wildman–Crippen LogP) is 3.74. The highest BCUT2D eigenvalue weighted by molar-refractivity contribution is 6.03. The fraction of sp³-hybridized carbons (Fsp3) is 0.115. The number of hydrogen-bond donors (Lipinski definition) is 2. The smallest absolute Gasteiger partial charge is 0.308 e. The molecule has 32 heavy (non-hydrogen) atoms. The van der Waals surface area contributed by atoms with Crippen LogP contribution in [0.3, 0.4) is 0 Å². The Balaban J connectivity index is 1.64. The molecule has 6 heteroatoms. The van der Waals surface area contributed by atoms with E-state index in [0.29, 0.717) is 11.3 Å². The molecule has 160 valence electrons. The minimum atomic E-state index is -0.898. The van der Waals surface area contributed by atoms with Crippen LogP contribution in [-0.2, 0) is 16.0 Å². The van der Waals surface area contributed by atoms with Crippen molar-refractivity contribution in [3.05, 3.63) is 90.0 Å². The van der Waals surface area contributed by atoms with Gasteiger partial charge >= 0.3 is 5.97 Å². The lowest BCUT2D eigenvalue weighted by molar-refractivity contribution is -0.131. The molecular formula is C26H22N2O4. The first-order valence-electron chi connectivity index (χ1n) is 10.2. The number of amides is 2. The Labute approximate surface area is 185 Å². The molecule has 0 unspecified atom stereocenters. The van der Waals surface area contributed by atoms with E-state index in [-0.39, 0.29) is 6.42 Å². The summed E-state index contributed by atoms with van der Waals surface area (Å²) >= 11 is 0. The van der Waals surface area contributed by atoms with Crippen molar-refractivity contribution in [1.29, 1.82) is 0 Å². The summed E-state index contributed by atoms with van der Waals surface area (Å²) in [6.07, 6.45) is 0.258. The molecule has 0 saturated heterocycles.